The molecule has 2 heterocycles. The molecule has 1 amide bonds. The minimum absolute atomic E-state index is 0.0967. The topological polar surface area (TPSA) is 114 Å². The largest absolute Gasteiger partial charge is 0.343 e. The van der Waals surface area contributed by atoms with Crippen molar-refractivity contribution >= 4 is 33.0 Å². The number of carbonyl (C=O) groups is 1. The summed E-state index contributed by atoms with van der Waals surface area (Å²) >= 11 is 1.14. The van der Waals surface area contributed by atoms with Gasteiger partial charge in [0.15, 0.2) is 0 Å². The van der Waals surface area contributed by atoms with E-state index >= 15 is 0 Å². The molecule has 2 N–H and O–H groups in total. The van der Waals surface area contributed by atoms with Gasteiger partial charge < -0.3 is 9.84 Å². The van der Waals surface area contributed by atoms with Crippen molar-refractivity contribution in [3.63, 3.8) is 0 Å². The first kappa shape index (κ1) is 19.8. The lowest BCUT2D eigenvalue weighted by atomic mass is 10.2. The molecule has 8 nitrogen and oxygen atoms in total. The molecule has 2 aromatic carbocycles. The van der Waals surface area contributed by atoms with Gasteiger partial charge in [0.2, 0.25) is 11.7 Å². The third kappa shape index (κ3) is 4.56. The lowest BCUT2D eigenvalue weighted by molar-refractivity contribution is 0.0946. The van der Waals surface area contributed by atoms with Crippen LogP contribution in [0.15, 0.2) is 80.8 Å². The molecule has 0 unspecified atom stereocenters. The summed E-state index contributed by atoms with van der Waals surface area (Å²) in [6.07, 6.45) is 0. The summed E-state index contributed by atoms with van der Waals surface area (Å²) in [4.78, 5) is 16.3. The van der Waals surface area contributed by atoms with Gasteiger partial charge in [0, 0.05) is 16.8 Å². The van der Waals surface area contributed by atoms with E-state index in [0.717, 1.165) is 11.3 Å². The Labute approximate surface area is 176 Å². The van der Waals surface area contributed by atoms with Crippen LogP contribution in [0.3, 0.4) is 0 Å². The van der Waals surface area contributed by atoms with Crippen molar-refractivity contribution in [1.29, 1.82) is 0 Å². The summed E-state index contributed by atoms with van der Waals surface area (Å²) in [5.41, 5.74) is 1.61. The van der Waals surface area contributed by atoms with Gasteiger partial charge in [0.1, 0.15) is 4.21 Å². The SMILES string of the molecule is O=C(NCc1nc(-c2ccc(NS(=O)(=O)c3cccs3)cc2)no1)c1ccccc1. The standard InChI is InChI=1S/C20H16N4O4S2/c25-20(15-5-2-1-3-6-15)21-13-17-22-19(23-28-17)14-8-10-16(11-9-14)24-30(26,27)18-7-4-12-29-18/h1-12,24H,13H2,(H,21,25). The Morgan fingerprint density at radius 2 is 1.77 bits per heavy atom. The number of thiophene rings is 1. The molecule has 0 radical (unpaired) electrons. The quantitative estimate of drug-likeness (QED) is 0.454. The van der Waals surface area contributed by atoms with Crippen molar-refractivity contribution in [3.8, 4) is 11.4 Å². The number of carbonyl (C=O) groups excluding carboxylic acids is 1. The Hall–Kier alpha value is -3.50. The smallest absolute Gasteiger partial charge is 0.271 e. The van der Waals surface area contributed by atoms with Gasteiger partial charge in [0.05, 0.1) is 6.54 Å². The van der Waals surface area contributed by atoms with Gasteiger partial charge in [-0.05, 0) is 47.8 Å². The van der Waals surface area contributed by atoms with Crippen molar-refractivity contribution in [3.05, 3.63) is 83.6 Å². The zero-order valence-electron chi connectivity index (χ0n) is 15.5. The average Bonchev–Trinajstić information content (AvgIpc) is 3.46. The number of rotatable bonds is 7. The molecule has 4 aromatic rings. The van der Waals surface area contributed by atoms with E-state index in [1.807, 2.05) is 6.07 Å². The van der Waals surface area contributed by atoms with Gasteiger partial charge in [-0.15, -0.1) is 11.3 Å². The first-order valence-electron chi connectivity index (χ1n) is 8.84. The molecule has 0 bridgehead atoms. The fraction of sp³-hybridized carbons (Fsp3) is 0.0500. The first-order valence-corrected chi connectivity index (χ1v) is 11.2. The first-order chi connectivity index (χ1) is 14.5. The van der Waals surface area contributed by atoms with Crippen molar-refractivity contribution in [2.75, 3.05) is 4.72 Å². The summed E-state index contributed by atoms with van der Waals surface area (Å²) in [7, 11) is -3.60. The molecule has 0 aliphatic heterocycles. The Morgan fingerprint density at radius 3 is 2.47 bits per heavy atom. The maximum atomic E-state index is 12.3. The Morgan fingerprint density at radius 1 is 1.00 bits per heavy atom. The molecule has 0 spiro atoms. The molecular formula is C20H16N4O4S2. The second-order valence-corrected chi connectivity index (χ2v) is 9.03. The Bertz CT molecular complexity index is 1240. The van der Waals surface area contributed by atoms with Crippen LogP contribution in [0.1, 0.15) is 16.2 Å². The number of hydrogen-bond donors (Lipinski definition) is 2. The van der Waals surface area contributed by atoms with Crippen LogP contribution in [0, 0.1) is 0 Å². The van der Waals surface area contributed by atoms with E-state index in [9.17, 15) is 13.2 Å². The summed E-state index contributed by atoms with van der Waals surface area (Å²) < 4.78 is 32.5. The molecule has 10 heteroatoms. The van der Waals surface area contributed by atoms with E-state index in [1.54, 1.807) is 66.0 Å². The van der Waals surface area contributed by atoms with Gasteiger partial charge in [-0.1, -0.05) is 29.4 Å². The minimum atomic E-state index is -3.60. The summed E-state index contributed by atoms with van der Waals surface area (Å²) in [6, 6.07) is 18.6. The zero-order chi connectivity index (χ0) is 21.0. The fourth-order valence-corrected chi connectivity index (χ4v) is 4.65. The minimum Gasteiger partial charge on any atom is -0.343 e. The molecule has 0 saturated carbocycles. The van der Waals surface area contributed by atoms with Gasteiger partial charge in [-0.3, -0.25) is 9.52 Å². The van der Waals surface area contributed by atoms with Crippen molar-refractivity contribution < 1.29 is 17.7 Å². The number of benzene rings is 2. The molecule has 0 atom stereocenters. The van der Waals surface area contributed by atoms with Crippen molar-refractivity contribution in [2.45, 2.75) is 10.8 Å². The van der Waals surface area contributed by atoms with E-state index in [4.69, 9.17) is 4.52 Å². The summed E-state index contributed by atoms with van der Waals surface area (Å²) in [5.74, 6) is 0.362. The van der Waals surface area contributed by atoms with Crippen LogP contribution < -0.4 is 10.0 Å². The second kappa shape index (κ2) is 8.47. The fourth-order valence-electron chi connectivity index (χ4n) is 2.60. The molecular weight excluding hydrogens is 424 g/mol. The number of aromatic nitrogens is 2. The van der Waals surface area contributed by atoms with Gasteiger partial charge in [-0.2, -0.15) is 4.98 Å². The van der Waals surface area contributed by atoms with E-state index in [2.05, 4.69) is 20.2 Å². The van der Waals surface area contributed by atoms with E-state index in [1.165, 1.54) is 0 Å². The maximum absolute atomic E-state index is 12.3. The number of amides is 1. The molecule has 4 rings (SSSR count). The predicted molar refractivity (Wildman–Crippen MR) is 112 cm³/mol. The van der Waals surface area contributed by atoms with E-state index < -0.39 is 10.0 Å². The second-order valence-electron chi connectivity index (χ2n) is 6.18. The predicted octanol–water partition coefficient (Wildman–Crippen LogP) is 3.53. The zero-order valence-corrected chi connectivity index (χ0v) is 17.1. The van der Waals surface area contributed by atoms with Gasteiger partial charge in [0.25, 0.3) is 15.9 Å². The molecule has 0 aliphatic rings. The maximum Gasteiger partial charge on any atom is 0.271 e. The van der Waals surface area contributed by atoms with Crippen LogP contribution in [-0.4, -0.2) is 24.5 Å². The third-order valence-corrected chi connectivity index (χ3v) is 6.84. The lowest BCUT2D eigenvalue weighted by Crippen LogP contribution is -2.22. The van der Waals surface area contributed by atoms with E-state index in [-0.39, 0.29) is 22.6 Å². The highest BCUT2D eigenvalue weighted by atomic mass is 32.2. The van der Waals surface area contributed by atoms with Crippen LogP contribution in [0.25, 0.3) is 11.4 Å². The highest BCUT2D eigenvalue weighted by molar-refractivity contribution is 7.94. The average molecular weight is 441 g/mol. The molecule has 2 aromatic heterocycles. The van der Waals surface area contributed by atoms with Gasteiger partial charge in [-0.25, -0.2) is 8.42 Å². The number of nitrogens with zero attached hydrogens (tertiary/aromatic N) is 2. The Kier molecular flexibility index (Phi) is 5.59. The molecule has 152 valence electrons. The van der Waals surface area contributed by atoms with Crippen molar-refractivity contribution in [1.82, 2.24) is 15.5 Å². The highest BCUT2D eigenvalue weighted by Crippen LogP contribution is 2.23. The van der Waals surface area contributed by atoms with Crippen LogP contribution >= 0.6 is 11.3 Å². The highest BCUT2D eigenvalue weighted by Gasteiger charge is 2.16. The molecule has 0 fully saturated rings. The molecule has 0 aliphatic carbocycles. The van der Waals surface area contributed by atoms with Crippen LogP contribution in [-0.2, 0) is 16.6 Å². The van der Waals surface area contributed by atoms with Crippen molar-refractivity contribution in [2.24, 2.45) is 0 Å². The van der Waals surface area contributed by atoms with Gasteiger partial charge >= 0.3 is 0 Å². The monoisotopic (exact) mass is 440 g/mol. The lowest BCUT2D eigenvalue weighted by Gasteiger charge is -2.06. The number of sulfonamides is 1. The number of hydrogen-bond acceptors (Lipinski definition) is 7. The third-order valence-electron chi connectivity index (χ3n) is 4.06. The van der Waals surface area contributed by atoms with Crippen LogP contribution in [0.4, 0.5) is 5.69 Å². The summed E-state index contributed by atoms with van der Waals surface area (Å²) in [6.45, 7) is 0.0967. The Balaban J connectivity index is 1.39. The van der Waals surface area contributed by atoms with Crippen LogP contribution in [0.5, 0.6) is 0 Å². The molecule has 30 heavy (non-hydrogen) atoms. The normalized spacial score (nSPS) is 11.2. The molecule has 0 saturated heterocycles. The number of anilines is 1. The van der Waals surface area contributed by atoms with E-state index in [0.29, 0.717) is 22.6 Å². The summed E-state index contributed by atoms with van der Waals surface area (Å²) in [5, 5.41) is 8.33. The van der Waals surface area contributed by atoms with Crippen LogP contribution in [0.2, 0.25) is 0 Å². The number of nitrogens with one attached hydrogen (secondary N) is 2.